The standard InChI is InChI=1S/C15H13FINO/c1-2-10-9-13(17)6-7-14(10)18-15(19)11-4-3-5-12(16)8-11/h3-9H,2H2,1H3,(H,18,19). The Labute approximate surface area is 125 Å². The minimum Gasteiger partial charge on any atom is -0.322 e. The van der Waals surface area contributed by atoms with Gasteiger partial charge in [-0.1, -0.05) is 13.0 Å². The molecule has 2 aromatic carbocycles. The Morgan fingerprint density at radius 3 is 2.74 bits per heavy atom. The Morgan fingerprint density at radius 1 is 1.26 bits per heavy atom. The van der Waals surface area contributed by atoms with Crippen molar-refractivity contribution in [1.29, 1.82) is 0 Å². The van der Waals surface area contributed by atoms with Gasteiger partial charge in [0.25, 0.3) is 5.91 Å². The monoisotopic (exact) mass is 369 g/mol. The van der Waals surface area contributed by atoms with Crippen LogP contribution in [0.4, 0.5) is 10.1 Å². The Bertz CT molecular complexity index is 613. The molecule has 0 aromatic heterocycles. The molecule has 0 atom stereocenters. The summed E-state index contributed by atoms with van der Waals surface area (Å²) in [5.74, 6) is -0.707. The number of hydrogen-bond acceptors (Lipinski definition) is 1. The second-order valence-corrected chi connectivity index (χ2v) is 5.37. The number of anilines is 1. The van der Waals surface area contributed by atoms with Gasteiger partial charge >= 0.3 is 0 Å². The minimum atomic E-state index is -0.411. The summed E-state index contributed by atoms with van der Waals surface area (Å²) in [6.07, 6.45) is 0.829. The highest BCUT2D eigenvalue weighted by Gasteiger charge is 2.09. The van der Waals surface area contributed by atoms with Crippen LogP contribution in [0.3, 0.4) is 0 Å². The molecule has 0 aliphatic heterocycles. The van der Waals surface area contributed by atoms with Crippen molar-refractivity contribution in [3.63, 3.8) is 0 Å². The summed E-state index contributed by atoms with van der Waals surface area (Å²) in [6, 6.07) is 11.5. The molecule has 0 saturated carbocycles. The van der Waals surface area contributed by atoms with Crippen molar-refractivity contribution in [1.82, 2.24) is 0 Å². The van der Waals surface area contributed by atoms with Gasteiger partial charge in [0.15, 0.2) is 0 Å². The van der Waals surface area contributed by atoms with Gasteiger partial charge in [-0.3, -0.25) is 4.79 Å². The number of nitrogens with one attached hydrogen (secondary N) is 1. The summed E-state index contributed by atoms with van der Waals surface area (Å²) in [4.78, 5) is 12.0. The molecule has 1 amide bonds. The Morgan fingerprint density at radius 2 is 2.05 bits per heavy atom. The van der Waals surface area contributed by atoms with E-state index in [-0.39, 0.29) is 5.91 Å². The second-order valence-electron chi connectivity index (χ2n) is 4.12. The van der Waals surface area contributed by atoms with Crippen molar-refractivity contribution in [3.05, 3.63) is 63.0 Å². The fourth-order valence-electron chi connectivity index (χ4n) is 1.80. The maximum Gasteiger partial charge on any atom is 0.255 e. The molecular weight excluding hydrogens is 356 g/mol. The van der Waals surface area contributed by atoms with Crippen LogP contribution < -0.4 is 5.32 Å². The van der Waals surface area contributed by atoms with E-state index >= 15 is 0 Å². The zero-order valence-electron chi connectivity index (χ0n) is 10.4. The Kier molecular flexibility index (Phi) is 4.52. The highest BCUT2D eigenvalue weighted by Crippen LogP contribution is 2.20. The SMILES string of the molecule is CCc1cc(I)ccc1NC(=O)c1cccc(F)c1. The zero-order chi connectivity index (χ0) is 13.8. The normalized spacial score (nSPS) is 10.3. The molecule has 98 valence electrons. The molecule has 0 radical (unpaired) electrons. The van der Waals surface area contributed by atoms with Crippen LogP contribution in [0, 0.1) is 9.39 Å². The Balaban J connectivity index is 2.24. The molecule has 0 aliphatic carbocycles. The predicted octanol–water partition coefficient (Wildman–Crippen LogP) is 4.25. The molecule has 1 N–H and O–H groups in total. The third kappa shape index (κ3) is 3.53. The number of carbonyl (C=O) groups excluding carboxylic acids is 1. The van der Waals surface area contributed by atoms with Crippen molar-refractivity contribution in [2.24, 2.45) is 0 Å². The van der Waals surface area contributed by atoms with E-state index in [1.165, 1.54) is 18.2 Å². The van der Waals surface area contributed by atoms with Crippen molar-refractivity contribution in [2.75, 3.05) is 5.32 Å². The molecule has 4 heteroatoms. The van der Waals surface area contributed by atoms with E-state index in [0.717, 1.165) is 21.2 Å². The van der Waals surface area contributed by atoms with Gasteiger partial charge in [-0.15, -0.1) is 0 Å². The van der Waals surface area contributed by atoms with E-state index in [1.54, 1.807) is 6.07 Å². The van der Waals surface area contributed by atoms with Crippen LogP contribution in [0.1, 0.15) is 22.8 Å². The first-order valence-corrected chi connectivity index (χ1v) is 7.03. The van der Waals surface area contributed by atoms with Gasteiger partial charge in [0.1, 0.15) is 5.82 Å². The van der Waals surface area contributed by atoms with E-state index in [1.807, 2.05) is 25.1 Å². The summed E-state index contributed by atoms with van der Waals surface area (Å²) in [7, 11) is 0. The van der Waals surface area contributed by atoms with Gasteiger partial charge in [-0.25, -0.2) is 4.39 Å². The molecule has 0 saturated heterocycles. The maximum atomic E-state index is 13.1. The lowest BCUT2D eigenvalue weighted by atomic mass is 10.1. The van der Waals surface area contributed by atoms with E-state index < -0.39 is 5.82 Å². The molecule has 2 aromatic rings. The first-order chi connectivity index (χ1) is 9.10. The summed E-state index contributed by atoms with van der Waals surface area (Å²) in [5, 5.41) is 2.82. The topological polar surface area (TPSA) is 29.1 Å². The third-order valence-electron chi connectivity index (χ3n) is 2.78. The van der Waals surface area contributed by atoms with E-state index in [2.05, 4.69) is 27.9 Å². The van der Waals surface area contributed by atoms with E-state index in [0.29, 0.717) is 5.56 Å². The highest BCUT2D eigenvalue weighted by atomic mass is 127. The second kappa shape index (κ2) is 6.14. The number of carbonyl (C=O) groups is 1. The number of benzene rings is 2. The lowest BCUT2D eigenvalue weighted by molar-refractivity contribution is 0.102. The third-order valence-corrected chi connectivity index (χ3v) is 3.45. The minimum absolute atomic E-state index is 0.296. The van der Waals surface area contributed by atoms with Gasteiger partial charge in [0.05, 0.1) is 0 Å². The largest absolute Gasteiger partial charge is 0.322 e. The smallest absolute Gasteiger partial charge is 0.255 e. The van der Waals surface area contributed by atoms with Crippen LogP contribution in [0.2, 0.25) is 0 Å². The van der Waals surface area contributed by atoms with E-state index in [9.17, 15) is 9.18 Å². The van der Waals surface area contributed by atoms with Crippen molar-refractivity contribution in [3.8, 4) is 0 Å². The fourth-order valence-corrected chi connectivity index (χ4v) is 2.36. The summed E-state index contributed by atoms with van der Waals surface area (Å²) < 4.78 is 14.2. The van der Waals surface area contributed by atoms with E-state index in [4.69, 9.17) is 0 Å². The lowest BCUT2D eigenvalue weighted by Gasteiger charge is -2.10. The lowest BCUT2D eigenvalue weighted by Crippen LogP contribution is -2.13. The average Bonchev–Trinajstić information content (AvgIpc) is 2.40. The summed E-state index contributed by atoms with van der Waals surface area (Å²) >= 11 is 2.23. The van der Waals surface area contributed by atoms with Crippen LogP contribution in [-0.4, -0.2) is 5.91 Å². The quantitative estimate of drug-likeness (QED) is 0.806. The first kappa shape index (κ1) is 14.0. The molecule has 0 spiro atoms. The molecule has 2 rings (SSSR count). The van der Waals surface area contributed by atoms with Gasteiger partial charge in [0.2, 0.25) is 0 Å². The van der Waals surface area contributed by atoms with Crippen LogP contribution in [-0.2, 0) is 6.42 Å². The van der Waals surface area contributed by atoms with Crippen LogP contribution in [0.15, 0.2) is 42.5 Å². The highest BCUT2D eigenvalue weighted by molar-refractivity contribution is 14.1. The van der Waals surface area contributed by atoms with Gasteiger partial charge in [-0.2, -0.15) is 0 Å². The summed E-state index contributed by atoms with van der Waals surface area (Å²) in [6.45, 7) is 2.03. The molecule has 0 heterocycles. The molecular formula is C15H13FINO. The van der Waals surface area contributed by atoms with Gasteiger partial charge in [-0.05, 0) is 71.0 Å². The molecule has 0 aliphatic rings. The van der Waals surface area contributed by atoms with Crippen LogP contribution in [0.5, 0.6) is 0 Å². The number of rotatable bonds is 3. The van der Waals surface area contributed by atoms with Crippen molar-refractivity contribution in [2.45, 2.75) is 13.3 Å². The summed E-state index contributed by atoms with van der Waals surface area (Å²) in [5.41, 5.74) is 2.16. The average molecular weight is 369 g/mol. The van der Waals surface area contributed by atoms with Gasteiger partial charge < -0.3 is 5.32 Å². The molecule has 0 fully saturated rings. The molecule has 19 heavy (non-hydrogen) atoms. The van der Waals surface area contributed by atoms with Crippen LogP contribution >= 0.6 is 22.6 Å². The van der Waals surface area contributed by atoms with Gasteiger partial charge in [0, 0.05) is 14.8 Å². The Hall–Kier alpha value is -1.43. The first-order valence-electron chi connectivity index (χ1n) is 5.95. The maximum absolute atomic E-state index is 13.1. The fraction of sp³-hybridized carbons (Fsp3) is 0.133. The zero-order valence-corrected chi connectivity index (χ0v) is 12.6. The van der Waals surface area contributed by atoms with Crippen molar-refractivity contribution >= 4 is 34.2 Å². The predicted molar refractivity (Wildman–Crippen MR) is 82.9 cm³/mol. The molecule has 0 unspecified atom stereocenters. The number of hydrogen-bond donors (Lipinski definition) is 1. The number of halogens is 2. The number of amides is 1. The number of aryl methyl sites for hydroxylation is 1. The molecule has 2 nitrogen and oxygen atoms in total. The molecule has 0 bridgehead atoms. The van der Waals surface area contributed by atoms with Crippen molar-refractivity contribution < 1.29 is 9.18 Å². The van der Waals surface area contributed by atoms with Crippen LogP contribution in [0.25, 0.3) is 0 Å².